The number of rotatable bonds is 2. The summed E-state index contributed by atoms with van der Waals surface area (Å²) in [6.45, 7) is 2.96. The van der Waals surface area contributed by atoms with Crippen LogP contribution in [0.1, 0.15) is 44.9 Å². The minimum absolute atomic E-state index is 0.200. The maximum absolute atomic E-state index is 9.63. The molecule has 1 spiro atoms. The lowest BCUT2D eigenvalue weighted by Gasteiger charge is -2.54. The van der Waals surface area contributed by atoms with Gasteiger partial charge >= 0.3 is 0 Å². The number of nitrogens with zero attached hydrogens (tertiary/aromatic N) is 1. The third kappa shape index (κ3) is 1.24. The average molecular weight is 195 g/mol. The van der Waals surface area contributed by atoms with Crippen molar-refractivity contribution in [3.8, 4) is 0 Å². The van der Waals surface area contributed by atoms with Gasteiger partial charge in [0.1, 0.15) is 0 Å². The van der Waals surface area contributed by atoms with Crippen LogP contribution >= 0.6 is 0 Å². The van der Waals surface area contributed by atoms with Crippen LogP contribution < -0.4 is 0 Å². The van der Waals surface area contributed by atoms with Crippen LogP contribution in [0.25, 0.3) is 0 Å². The van der Waals surface area contributed by atoms with Gasteiger partial charge in [-0.3, -0.25) is 4.90 Å². The fourth-order valence-corrected chi connectivity index (χ4v) is 3.38. The summed E-state index contributed by atoms with van der Waals surface area (Å²) in [5, 5.41) is 9.63. The summed E-state index contributed by atoms with van der Waals surface area (Å²) >= 11 is 0. The van der Waals surface area contributed by atoms with Crippen molar-refractivity contribution >= 4 is 0 Å². The first-order chi connectivity index (χ1) is 6.79. The van der Waals surface area contributed by atoms with E-state index in [-0.39, 0.29) is 5.54 Å². The van der Waals surface area contributed by atoms with Crippen molar-refractivity contribution in [1.82, 2.24) is 4.90 Å². The van der Waals surface area contributed by atoms with Crippen molar-refractivity contribution in [3.05, 3.63) is 0 Å². The highest BCUT2D eigenvalue weighted by Crippen LogP contribution is 2.56. The Balaban J connectivity index is 1.67. The second-order valence-electron chi connectivity index (χ2n) is 5.80. The first-order valence-electron chi connectivity index (χ1n) is 6.15. The molecule has 1 heterocycles. The minimum atomic E-state index is 0.200. The highest BCUT2D eigenvalue weighted by molar-refractivity contribution is 5.10. The van der Waals surface area contributed by atoms with Gasteiger partial charge in [0.15, 0.2) is 0 Å². The Bertz CT molecular complexity index is 220. The molecule has 2 aliphatic carbocycles. The predicted octanol–water partition coefficient (Wildman–Crippen LogP) is 1.78. The first-order valence-corrected chi connectivity index (χ1v) is 6.15. The molecule has 1 saturated heterocycles. The lowest BCUT2D eigenvalue weighted by molar-refractivity contribution is -0.0753. The molecule has 3 aliphatic rings. The summed E-state index contributed by atoms with van der Waals surface area (Å²) in [4.78, 5) is 2.58. The summed E-state index contributed by atoms with van der Waals surface area (Å²) in [7, 11) is 0. The molecule has 2 nitrogen and oxygen atoms in total. The van der Waals surface area contributed by atoms with Gasteiger partial charge in [0.05, 0.1) is 6.61 Å². The highest BCUT2D eigenvalue weighted by Gasteiger charge is 2.57. The Morgan fingerprint density at radius 2 is 1.57 bits per heavy atom. The molecule has 0 radical (unpaired) electrons. The fourth-order valence-electron chi connectivity index (χ4n) is 3.38. The van der Waals surface area contributed by atoms with Crippen molar-refractivity contribution in [3.63, 3.8) is 0 Å². The van der Waals surface area contributed by atoms with Crippen LogP contribution in [0.3, 0.4) is 0 Å². The molecule has 0 aromatic heterocycles. The van der Waals surface area contributed by atoms with Crippen LogP contribution in [0.5, 0.6) is 0 Å². The summed E-state index contributed by atoms with van der Waals surface area (Å²) in [5.74, 6) is 0. The maximum Gasteiger partial charge on any atom is 0.0615 e. The van der Waals surface area contributed by atoms with Crippen LogP contribution in [-0.2, 0) is 0 Å². The third-order valence-electron chi connectivity index (χ3n) is 4.76. The molecule has 14 heavy (non-hydrogen) atoms. The average Bonchev–Trinajstić information content (AvgIpc) is 2.96. The Kier molecular flexibility index (Phi) is 1.94. The quantitative estimate of drug-likeness (QED) is 0.726. The van der Waals surface area contributed by atoms with E-state index in [2.05, 4.69) is 4.90 Å². The van der Waals surface area contributed by atoms with Gasteiger partial charge in [-0.1, -0.05) is 19.3 Å². The van der Waals surface area contributed by atoms with E-state index < -0.39 is 0 Å². The number of aliphatic hydroxyl groups is 1. The van der Waals surface area contributed by atoms with Crippen LogP contribution in [0.2, 0.25) is 0 Å². The van der Waals surface area contributed by atoms with E-state index in [0.29, 0.717) is 6.61 Å². The molecule has 0 amide bonds. The molecule has 2 heteroatoms. The molecule has 3 fully saturated rings. The van der Waals surface area contributed by atoms with Gasteiger partial charge in [0.25, 0.3) is 0 Å². The van der Waals surface area contributed by atoms with Crippen molar-refractivity contribution < 1.29 is 5.11 Å². The molecule has 2 saturated carbocycles. The number of hydrogen-bond donors (Lipinski definition) is 1. The van der Waals surface area contributed by atoms with Gasteiger partial charge in [0.2, 0.25) is 0 Å². The van der Waals surface area contributed by atoms with Gasteiger partial charge < -0.3 is 5.11 Å². The van der Waals surface area contributed by atoms with E-state index in [9.17, 15) is 5.11 Å². The third-order valence-corrected chi connectivity index (χ3v) is 4.76. The number of aliphatic hydroxyl groups excluding tert-OH is 1. The zero-order chi connectivity index (χ0) is 9.65. The van der Waals surface area contributed by atoms with E-state index >= 15 is 0 Å². The summed E-state index contributed by atoms with van der Waals surface area (Å²) in [6.07, 6.45) is 9.39. The number of likely N-dealkylation sites (tertiary alicyclic amines) is 1. The molecule has 3 rings (SSSR count). The summed E-state index contributed by atoms with van der Waals surface area (Å²) in [5.41, 5.74) is 0.936. The summed E-state index contributed by atoms with van der Waals surface area (Å²) < 4.78 is 0. The lowest BCUT2D eigenvalue weighted by Crippen LogP contribution is -2.63. The first kappa shape index (κ1) is 9.17. The SMILES string of the molecule is OCC1(N2CC3(CC3)C2)CCCCC1. The normalized spacial score (nSPS) is 34.1. The topological polar surface area (TPSA) is 23.5 Å². The summed E-state index contributed by atoms with van der Waals surface area (Å²) in [6, 6.07) is 0. The van der Waals surface area contributed by atoms with Crippen LogP contribution in [0.15, 0.2) is 0 Å². The van der Waals surface area contributed by atoms with E-state index in [1.807, 2.05) is 0 Å². The Hall–Kier alpha value is -0.0800. The lowest BCUT2D eigenvalue weighted by atomic mass is 9.77. The van der Waals surface area contributed by atoms with E-state index in [1.165, 1.54) is 58.0 Å². The molecule has 1 N–H and O–H groups in total. The molecule has 1 aliphatic heterocycles. The largest absolute Gasteiger partial charge is 0.394 e. The number of hydrogen-bond acceptors (Lipinski definition) is 2. The van der Waals surface area contributed by atoms with E-state index in [1.54, 1.807) is 0 Å². The second-order valence-corrected chi connectivity index (χ2v) is 5.80. The Labute approximate surface area is 86.3 Å². The Morgan fingerprint density at radius 1 is 0.929 bits per heavy atom. The van der Waals surface area contributed by atoms with E-state index in [4.69, 9.17) is 0 Å². The minimum Gasteiger partial charge on any atom is -0.394 e. The molecule has 80 valence electrons. The maximum atomic E-state index is 9.63. The van der Waals surface area contributed by atoms with Gasteiger partial charge in [-0.15, -0.1) is 0 Å². The molecule has 0 bridgehead atoms. The van der Waals surface area contributed by atoms with Gasteiger partial charge in [0, 0.05) is 18.6 Å². The Morgan fingerprint density at radius 3 is 2.07 bits per heavy atom. The monoisotopic (exact) mass is 195 g/mol. The predicted molar refractivity (Wildman–Crippen MR) is 56.1 cm³/mol. The van der Waals surface area contributed by atoms with Crippen molar-refractivity contribution in [1.29, 1.82) is 0 Å². The van der Waals surface area contributed by atoms with Crippen molar-refractivity contribution in [2.24, 2.45) is 5.41 Å². The van der Waals surface area contributed by atoms with Gasteiger partial charge in [-0.05, 0) is 31.1 Å². The smallest absolute Gasteiger partial charge is 0.0615 e. The zero-order valence-electron chi connectivity index (χ0n) is 8.97. The molecule has 0 aromatic rings. The molecular formula is C12H21NO. The van der Waals surface area contributed by atoms with Crippen LogP contribution in [-0.4, -0.2) is 35.2 Å². The zero-order valence-corrected chi connectivity index (χ0v) is 8.97. The fraction of sp³-hybridized carbons (Fsp3) is 1.00. The van der Waals surface area contributed by atoms with Crippen LogP contribution in [0, 0.1) is 5.41 Å². The van der Waals surface area contributed by atoms with Crippen molar-refractivity contribution in [2.75, 3.05) is 19.7 Å². The molecular weight excluding hydrogens is 174 g/mol. The molecule has 0 aromatic carbocycles. The standard InChI is InChI=1S/C12H21NO/c14-10-12(4-2-1-3-5-12)13-8-11(9-13)6-7-11/h14H,1-10H2. The van der Waals surface area contributed by atoms with Crippen LogP contribution in [0.4, 0.5) is 0 Å². The van der Waals surface area contributed by atoms with E-state index in [0.717, 1.165) is 5.41 Å². The van der Waals surface area contributed by atoms with Crippen molar-refractivity contribution in [2.45, 2.75) is 50.5 Å². The molecule has 0 unspecified atom stereocenters. The molecule has 0 atom stereocenters. The van der Waals surface area contributed by atoms with Gasteiger partial charge in [-0.2, -0.15) is 0 Å². The second kappa shape index (κ2) is 2.96. The van der Waals surface area contributed by atoms with Gasteiger partial charge in [-0.25, -0.2) is 0 Å². The highest BCUT2D eigenvalue weighted by atomic mass is 16.3.